The van der Waals surface area contributed by atoms with E-state index in [1.54, 1.807) is 35.6 Å². The molecule has 0 aliphatic carbocycles. The van der Waals surface area contributed by atoms with Gasteiger partial charge in [-0.05, 0) is 40.8 Å². The summed E-state index contributed by atoms with van der Waals surface area (Å²) in [4.78, 5) is 25.2. The number of rotatable bonds is 7. The van der Waals surface area contributed by atoms with E-state index in [2.05, 4.69) is 5.32 Å². The van der Waals surface area contributed by atoms with E-state index in [0.717, 1.165) is 16.0 Å². The topological polar surface area (TPSA) is 55.4 Å². The average Bonchev–Trinajstić information content (AvgIpc) is 3.24. The van der Waals surface area contributed by atoms with Crippen LogP contribution < -0.4 is 5.32 Å². The molecule has 0 radical (unpaired) electrons. The van der Waals surface area contributed by atoms with Crippen molar-refractivity contribution in [2.24, 2.45) is 0 Å². The number of thiophene rings is 1. The van der Waals surface area contributed by atoms with E-state index in [0.29, 0.717) is 5.02 Å². The molecule has 0 saturated carbocycles. The maximum atomic E-state index is 12.3. The van der Waals surface area contributed by atoms with Crippen molar-refractivity contribution in [3.63, 3.8) is 0 Å². The fraction of sp³-hybridized carbons (Fsp3) is 0.0909. The molecule has 0 spiro atoms. The maximum absolute atomic E-state index is 12.3. The number of benzene rings is 2. The van der Waals surface area contributed by atoms with Gasteiger partial charge >= 0.3 is 5.97 Å². The van der Waals surface area contributed by atoms with Crippen LogP contribution in [0.4, 0.5) is 0 Å². The highest BCUT2D eigenvalue weighted by molar-refractivity contribution is 7.10. The van der Waals surface area contributed by atoms with Crippen molar-refractivity contribution < 1.29 is 14.3 Å². The van der Waals surface area contributed by atoms with Crippen LogP contribution in [0.15, 0.2) is 78.2 Å². The van der Waals surface area contributed by atoms with Gasteiger partial charge in [0.05, 0.1) is 6.04 Å². The molecule has 1 aromatic heterocycles. The van der Waals surface area contributed by atoms with Gasteiger partial charge in [-0.2, -0.15) is 0 Å². The van der Waals surface area contributed by atoms with Gasteiger partial charge in [0.2, 0.25) is 0 Å². The second-order valence-electron chi connectivity index (χ2n) is 5.92. The van der Waals surface area contributed by atoms with Crippen molar-refractivity contribution >= 4 is 40.9 Å². The van der Waals surface area contributed by atoms with Crippen molar-refractivity contribution in [1.82, 2.24) is 5.32 Å². The Labute approximate surface area is 172 Å². The first-order chi connectivity index (χ1) is 13.6. The number of nitrogens with one attached hydrogen (secondary N) is 1. The molecule has 28 heavy (non-hydrogen) atoms. The molecule has 1 atom stereocenters. The van der Waals surface area contributed by atoms with Crippen LogP contribution >= 0.6 is 22.9 Å². The van der Waals surface area contributed by atoms with Crippen LogP contribution in [0.1, 0.15) is 22.0 Å². The van der Waals surface area contributed by atoms with Gasteiger partial charge in [-0.15, -0.1) is 11.3 Å². The SMILES string of the molecule is O=C(COC(=O)/C=C/c1cccc(Cl)c1)N[C@@H](c1ccccc1)c1cccs1. The van der Waals surface area contributed by atoms with Gasteiger partial charge in [0.15, 0.2) is 6.61 Å². The van der Waals surface area contributed by atoms with Crippen molar-refractivity contribution in [3.05, 3.63) is 99.2 Å². The number of hydrogen-bond acceptors (Lipinski definition) is 4. The molecule has 4 nitrogen and oxygen atoms in total. The van der Waals surface area contributed by atoms with E-state index >= 15 is 0 Å². The summed E-state index contributed by atoms with van der Waals surface area (Å²) in [7, 11) is 0. The van der Waals surface area contributed by atoms with E-state index in [1.807, 2.05) is 53.9 Å². The highest BCUT2D eigenvalue weighted by atomic mass is 35.5. The van der Waals surface area contributed by atoms with Crippen LogP contribution in [0.3, 0.4) is 0 Å². The summed E-state index contributed by atoms with van der Waals surface area (Å²) in [5, 5.41) is 5.46. The molecular formula is C22H18ClNO3S. The Hall–Kier alpha value is -2.89. The lowest BCUT2D eigenvalue weighted by molar-refractivity contribution is -0.143. The van der Waals surface area contributed by atoms with Crippen molar-refractivity contribution in [2.75, 3.05) is 6.61 Å². The Bertz CT molecular complexity index is 955. The van der Waals surface area contributed by atoms with Gasteiger partial charge in [-0.3, -0.25) is 4.79 Å². The molecule has 1 N–H and O–H groups in total. The van der Waals surface area contributed by atoms with Crippen molar-refractivity contribution in [1.29, 1.82) is 0 Å². The van der Waals surface area contributed by atoms with Gasteiger partial charge < -0.3 is 10.1 Å². The Kier molecular flexibility index (Phi) is 7.00. The van der Waals surface area contributed by atoms with Gasteiger partial charge in [0.25, 0.3) is 5.91 Å². The number of hydrogen-bond donors (Lipinski definition) is 1. The molecule has 6 heteroatoms. The zero-order valence-electron chi connectivity index (χ0n) is 14.9. The Morgan fingerprint density at radius 1 is 1.07 bits per heavy atom. The first-order valence-electron chi connectivity index (χ1n) is 8.60. The van der Waals surface area contributed by atoms with E-state index in [-0.39, 0.29) is 18.6 Å². The number of ether oxygens (including phenoxy) is 1. The fourth-order valence-electron chi connectivity index (χ4n) is 2.58. The summed E-state index contributed by atoms with van der Waals surface area (Å²) >= 11 is 7.46. The highest BCUT2D eigenvalue weighted by Crippen LogP contribution is 2.25. The monoisotopic (exact) mass is 411 g/mol. The molecule has 0 aliphatic heterocycles. The number of halogens is 1. The minimum absolute atomic E-state index is 0.283. The highest BCUT2D eigenvalue weighted by Gasteiger charge is 2.18. The molecule has 0 saturated heterocycles. The molecule has 0 bridgehead atoms. The summed E-state index contributed by atoms with van der Waals surface area (Å²) in [6, 6.07) is 20.3. The Balaban J connectivity index is 1.57. The van der Waals surface area contributed by atoms with Gasteiger partial charge in [0, 0.05) is 16.0 Å². The summed E-state index contributed by atoms with van der Waals surface area (Å²) in [6.45, 7) is -0.354. The molecule has 0 aliphatic rings. The normalized spacial score (nSPS) is 11.9. The average molecular weight is 412 g/mol. The summed E-state index contributed by atoms with van der Waals surface area (Å²) in [6.07, 6.45) is 2.86. The van der Waals surface area contributed by atoms with Crippen LogP contribution in [0.5, 0.6) is 0 Å². The van der Waals surface area contributed by atoms with E-state index in [1.165, 1.54) is 6.08 Å². The molecule has 1 amide bonds. The minimum atomic E-state index is -0.595. The Morgan fingerprint density at radius 2 is 1.89 bits per heavy atom. The van der Waals surface area contributed by atoms with E-state index in [4.69, 9.17) is 16.3 Å². The largest absolute Gasteiger partial charge is 0.452 e. The molecule has 2 aromatic carbocycles. The van der Waals surface area contributed by atoms with Crippen molar-refractivity contribution in [2.45, 2.75) is 6.04 Å². The third-order valence-corrected chi connectivity index (χ3v) is 5.04. The molecule has 0 unspecified atom stereocenters. The predicted octanol–water partition coefficient (Wildman–Crippen LogP) is 4.86. The smallest absolute Gasteiger partial charge is 0.331 e. The molecule has 142 valence electrons. The van der Waals surface area contributed by atoms with Crippen molar-refractivity contribution in [3.8, 4) is 0 Å². The second kappa shape index (κ2) is 9.88. The third kappa shape index (κ3) is 5.81. The first kappa shape index (κ1) is 19.9. The van der Waals surface area contributed by atoms with Gasteiger partial charge in [-0.1, -0.05) is 60.1 Å². The molecular weight excluding hydrogens is 394 g/mol. The Morgan fingerprint density at radius 3 is 2.61 bits per heavy atom. The zero-order valence-corrected chi connectivity index (χ0v) is 16.5. The molecule has 3 aromatic rings. The first-order valence-corrected chi connectivity index (χ1v) is 9.86. The molecule has 1 heterocycles. The summed E-state index contributed by atoms with van der Waals surface area (Å²) < 4.78 is 5.04. The predicted molar refractivity (Wildman–Crippen MR) is 112 cm³/mol. The fourth-order valence-corrected chi connectivity index (χ4v) is 3.58. The van der Waals surface area contributed by atoms with E-state index < -0.39 is 5.97 Å². The van der Waals surface area contributed by atoms with Crippen LogP contribution in [0.25, 0.3) is 6.08 Å². The van der Waals surface area contributed by atoms with Crippen LogP contribution in [-0.4, -0.2) is 18.5 Å². The lowest BCUT2D eigenvalue weighted by Crippen LogP contribution is -2.32. The lowest BCUT2D eigenvalue weighted by Gasteiger charge is -2.18. The molecule has 3 rings (SSSR count). The van der Waals surface area contributed by atoms with Crippen LogP contribution in [0, 0.1) is 0 Å². The summed E-state index contributed by atoms with van der Waals surface area (Å²) in [5.41, 5.74) is 1.74. The van der Waals surface area contributed by atoms with E-state index in [9.17, 15) is 9.59 Å². The summed E-state index contributed by atoms with van der Waals surface area (Å²) in [5.74, 6) is -0.964. The third-order valence-electron chi connectivity index (χ3n) is 3.87. The lowest BCUT2D eigenvalue weighted by atomic mass is 10.1. The number of carbonyl (C=O) groups excluding carboxylic acids is 2. The zero-order chi connectivity index (χ0) is 19.8. The minimum Gasteiger partial charge on any atom is -0.452 e. The molecule has 0 fully saturated rings. The van der Waals surface area contributed by atoms with Crippen LogP contribution in [-0.2, 0) is 14.3 Å². The maximum Gasteiger partial charge on any atom is 0.331 e. The van der Waals surface area contributed by atoms with Gasteiger partial charge in [0.1, 0.15) is 0 Å². The number of carbonyl (C=O) groups is 2. The number of esters is 1. The standard InChI is InChI=1S/C22H18ClNO3S/c23-18-9-4-6-16(14-18)11-12-21(26)27-15-20(25)24-22(19-10-5-13-28-19)17-7-2-1-3-8-17/h1-14,22H,15H2,(H,24,25)/b12-11+/t22-/m0/s1. The second-order valence-corrected chi connectivity index (χ2v) is 7.34. The quantitative estimate of drug-likeness (QED) is 0.446. The van der Waals surface area contributed by atoms with Gasteiger partial charge in [-0.25, -0.2) is 4.79 Å². The van der Waals surface area contributed by atoms with Crippen LogP contribution in [0.2, 0.25) is 5.02 Å². The number of amides is 1.